The zero-order valence-electron chi connectivity index (χ0n) is 21.8. The third-order valence-electron chi connectivity index (χ3n) is 7.14. The predicted octanol–water partition coefficient (Wildman–Crippen LogP) is 4.07. The molecule has 1 unspecified atom stereocenters. The molecule has 0 bridgehead atoms. The molecule has 3 aromatic carbocycles. The van der Waals surface area contributed by atoms with E-state index < -0.39 is 6.04 Å². The van der Waals surface area contributed by atoms with Crippen LogP contribution in [0.2, 0.25) is 0 Å². The Morgan fingerprint density at radius 3 is 2.03 bits per heavy atom. The molecular formula is C30H33N5O3. The van der Waals surface area contributed by atoms with Crippen LogP contribution in [0.4, 0.5) is 5.69 Å². The van der Waals surface area contributed by atoms with Crippen molar-refractivity contribution >= 4 is 11.7 Å². The number of carbonyl (C=O) groups excluding carboxylic acids is 1. The van der Waals surface area contributed by atoms with Gasteiger partial charge in [-0.15, -0.1) is 0 Å². The molecule has 38 heavy (non-hydrogen) atoms. The van der Waals surface area contributed by atoms with E-state index in [0.29, 0.717) is 6.61 Å². The Hall–Kier alpha value is -4.17. The lowest BCUT2D eigenvalue weighted by atomic mass is 10.0. The highest BCUT2D eigenvalue weighted by Crippen LogP contribution is 2.26. The summed E-state index contributed by atoms with van der Waals surface area (Å²) in [5, 5.41) is 4.37. The van der Waals surface area contributed by atoms with Crippen molar-refractivity contribution in [2.75, 3.05) is 37.7 Å². The summed E-state index contributed by atoms with van der Waals surface area (Å²) in [4.78, 5) is 30.4. The molecule has 0 amide bonds. The third kappa shape index (κ3) is 5.26. The van der Waals surface area contributed by atoms with Crippen LogP contribution in [0.5, 0.6) is 0 Å². The lowest BCUT2D eigenvalue weighted by Crippen LogP contribution is -2.49. The number of esters is 1. The number of rotatable bonds is 8. The summed E-state index contributed by atoms with van der Waals surface area (Å²) in [6.45, 7) is 7.23. The smallest absolute Gasteiger partial charge is 0.350 e. The van der Waals surface area contributed by atoms with Crippen LogP contribution in [-0.4, -0.2) is 58.0 Å². The molecular weight excluding hydrogens is 478 g/mol. The van der Waals surface area contributed by atoms with E-state index in [-0.39, 0.29) is 17.7 Å². The summed E-state index contributed by atoms with van der Waals surface area (Å²) in [5.74, 6) is -0.205. The van der Waals surface area contributed by atoms with E-state index in [4.69, 9.17) is 4.74 Å². The summed E-state index contributed by atoms with van der Waals surface area (Å²) in [7, 11) is 0. The number of anilines is 1. The minimum atomic E-state index is -0.401. The van der Waals surface area contributed by atoms with Gasteiger partial charge in [0.2, 0.25) is 0 Å². The number of benzene rings is 3. The van der Waals surface area contributed by atoms with Gasteiger partial charge in [0.15, 0.2) is 0 Å². The third-order valence-corrected chi connectivity index (χ3v) is 7.14. The first kappa shape index (κ1) is 25.5. The predicted molar refractivity (Wildman–Crippen MR) is 148 cm³/mol. The molecule has 1 aliphatic rings. The van der Waals surface area contributed by atoms with Crippen molar-refractivity contribution in [3.63, 3.8) is 0 Å². The number of aromatic nitrogens is 3. The number of nitrogens with zero attached hydrogens (tertiary/aromatic N) is 5. The van der Waals surface area contributed by atoms with Crippen molar-refractivity contribution in [2.45, 2.75) is 25.9 Å². The largest absolute Gasteiger partial charge is 0.465 e. The summed E-state index contributed by atoms with van der Waals surface area (Å²) in [6.07, 6.45) is 1.58. The molecule has 196 valence electrons. The lowest BCUT2D eigenvalue weighted by molar-refractivity contribution is -0.150. The van der Waals surface area contributed by atoms with E-state index in [1.807, 2.05) is 98.8 Å². The van der Waals surface area contributed by atoms with Crippen molar-refractivity contribution in [2.24, 2.45) is 0 Å². The van der Waals surface area contributed by atoms with E-state index in [0.717, 1.165) is 48.7 Å². The van der Waals surface area contributed by atoms with Crippen molar-refractivity contribution in [1.82, 2.24) is 19.2 Å². The molecule has 8 nitrogen and oxygen atoms in total. The van der Waals surface area contributed by atoms with Gasteiger partial charge in [0, 0.05) is 31.9 Å². The normalized spacial score (nSPS) is 15.7. The highest BCUT2D eigenvalue weighted by Gasteiger charge is 2.31. The van der Waals surface area contributed by atoms with E-state index in [1.165, 1.54) is 4.68 Å². The van der Waals surface area contributed by atoms with Crippen LogP contribution < -0.4 is 10.6 Å². The molecule has 4 aromatic rings. The first-order chi connectivity index (χ1) is 18.6. The van der Waals surface area contributed by atoms with E-state index in [2.05, 4.69) is 14.9 Å². The second-order valence-electron chi connectivity index (χ2n) is 9.42. The second kappa shape index (κ2) is 11.5. The Morgan fingerprint density at radius 2 is 1.42 bits per heavy atom. The van der Waals surface area contributed by atoms with E-state index >= 15 is 0 Å². The van der Waals surface area contributed by atoms with Gasteiger partial charge < -0.3 is 9.64 Å². The van der Waals surface area contributed by atoms with Gasteiger partial charge in [-0.05, 0) is 49.2 Å². The molecule has 0 radical (unpaired) electrons. The Bertz CT molecular complexity index is 1390. The molecule has 0 N–H and O–H groups in total. The average molecular weight is 512 g/mol. The fourth-order valence-electron chi connectivity index (χ4n) is 5.05. The molecule has 0 aliphatic carbocycles. The molecule has 5 rings (SSSR count). The highest BCUT2D eigenvalue weighted by molar-refractivity contribution is 5.77. The highest BCUT2D eigenvalue weighted by atomic mass is 16.5. The molecule has 1 saturated heterocycles. The van der Waals surface area contributed by atoms with Crippen LogP contribution in [0.1, 0.15) is 37.1 Å². The molecule has 1 fully saturated rings. The van der Waals surface area contributed by atoms with E-state index in [1.54, 1.807) is 10.9 Å². The monoisotopic (exact) mass is 511 g/mol. The fraction of sp³-hybridized carbons (Fsp3) is 0.300. The number of carbonyl (C=O) groups is 1. The molecule has 1 aliphatic heterocycles. The first-order valence-electron chi connectivity index (χ1n) is 13.1. The maximum atomic E-state index is 13.1. The van der Waals surface area contributed by atoms with Crippen LogP contribution in [0.3, 0.4) is 0 Å². The van der Waals surface area contributed by atoms with Crippen LogP contribution in [0.15, 0.2) is 96.1 Å². The Kier molecular flexibility index (Phi) is 7.70. The quantitative estimate of drug-likeness (QED) is 0.332. The molecule has 2 heterocycles. The standard InChI is InChI=1S/C30H33N5O3/c1-3-38-29(36)28(25-12-8-5-9-13-25)33-20-18-32(19-21-33)26-14-16-27(17-15-26)34-22-31-35(30(34)37)23(2)24-10-6-4-7-11-24/h4-17,22-23,28H,3,18-21H2,1-2H3/t23?,28-/m0/s1. The lowest BCUT2D eigenvalue weighted by Gasteiger charge is -2.39. The number of hydrogen-bond donors (Lipinski definition) is 0. The summed E-state index contributed by atoms with van der Waals surface area (Å²) < 4.78 is 8.48. The molecule has 1 aromatic heterocycles. The van der Waals surface area contributed by atoms with Gasteiger partial charge in [0.05, 0.1) is 18.3 Å². The molecule has 2 atom stereocenters. The van der Waals surface area contributed by atoms with Gasteiger partial charge in [-0.3, -0.25) is 4.90 Å². The minimum absolute atomic E-state index is 0.158. The summed E-state index contributed by atoms with van der Waals surface area (Å²) in [5.41, 5.74) is 3.67. The number of ether oxygens (including phenoxy) is 1. The summed E-state index contributed by atoms with van der Waals surface area (Å²) in [6, 6.07) is 27.1. The number of piperazine rings is 1. The fourth-order valence-corrected chi connectivity index (χ4v) is 5.05. The topological polar surface area (TPSA) is 72.6 Å². The Labute approximate surface area is 222 Å². The average Bonchev–Trinajstić information content (AvgIpc) is 3.35. The van der Waals surface area contributed by atoms with Crippen LogP contribution in [0.25, 0.3) is 5.69 Å². The maximum Gasteiger partial charge on any atom is 0.350 e. The number of hydrogen-bond acceptors (Lipinski definition) is 6. The van der Waals surface area contributed by atoms with Crippen molar-refractivity contribution in [3.8, 4) is 5.69 Å². The Balaban J connectivity index is 1.27. The zero-order valence-corrected chi connectivity index (χ0v) is 21.8. The first-order valence-corrected chi connectivity index (χ1v) is 13.1. The molecule has 8 heteroatoms. The van der Waals surface area contributed by atoms with E-state index in [9.17, 15) is 9.59 Å². The van der Waals surface area contributed by atoms with Crippen LogP contribution in [0, 0.1) is 0 Å². The second-order valence-corrected chi connectivity index (χ2v) is 9.42. The van der Waals surface area contributed by atoms with Gasteiger partial charge in [-0.2, -0.15) is 5.10 Å². The summed E-state index contributed by atoms with van der Waals surface area (Å²) >= 11 is 0. The van der Waals surface area contributed by atoms with Gasteiger partial charge >= 0.3 is 11.7 Å². The minimum Gasteiger partial charge on any atom is -0.465 e. The van der Waals surface area contributed by atoms with Gasteiger partial charge in [0.1, 0.15) is 12.4 Å². The van der Waals surface area contributed by atoms with Crippen LogP contribution in [-0.2, 0) is 9.53 Å². The van der Waals surface area contributed by atoms with Gasteiger partial charge in [-0.25, -0.2) is 18.8 Å². The molecule has 0 spiro atoms. The maximum absolute atomic E-state index is 13.1. The van der Waals surface area contributed by atoms with Crippen molar-refractivity contribution < 1.29 is 9.53 Å². The van der Waals surface area contributed by atoms with Crippen molar-refractivity contribution in [3.05, 3.63) is 113 Å². The van der Waals surface area contributed by atoms with Crippen LogP contribution >= 0.6 is 0 Å². The van der Waals surface area contributed by atoms with Gasteiger partial charge in [0.25, 0.3) is 0 Å². The zero-order chi connectivity index (χ0) is 26.5. The molecule has 0 saturated carbocycles. The van der Waals surface area contributed by atoms with Gasteiger partial charge in [-0.1, -0.05) is 60.7 Å². The Morgan fingerprint density at radius 1 is 0.842 bits per heavy atom. The van der Waals surface area contributed by atoms with Crippen molar-refractivity contribution in [1.29, 1.82) is 0 Å². The SMILES string of the molecule is CCOC(=O)[C@H](c1ccccc1)N1CCN(c2ccc(-n3cnn(C(C)c4ccccc4)c3=O)cc2)CC1.